The highest BCUT2D eigenvalue weighted by atomic mass is 16.5. The van der Waals surface area contributed by atoms with E-state index in [-0.39, 0.29) is 11.5 Å². The molecule has 4 nitrogen and oxygen atoms in total. The van der Waals surface area contributed by atoms with Gasteiger partial charge in [0.05, 0.1) is 5.60 Å². The number of para-hydroxylation sites is 1. The Balaban J connectivity index is 1.90. The van der Waals surface area contributed by atoms with Gasteiger partial charge < -0.3 is 15.4 Å². The first-order chi connectivity index (χ1) is 9.09. The summed E-state index contributed by atoms with van der Waals surface area (Å²) in [5.41, 5.74) is 1.93. The SMILES string of the molecule is CC(=O)Nc1ccccc1CNCC1(C)CCCO1. The molecule has 1 saturated heterocycles. The van der Waals surface area contributed by atoms with Crippen LogP contribution in [0.5, 0.6) is 0 Å². The van der Waals surface area contributed by atoms with Crippen LogP contribution in [-0.4, -0.2) is 24.7 Å². The zero-order valence-electron chi connectivity index (χ0n) is 11.7. The van der Waals surface area contributed by atoms with Gasteiger partial charge in [0.2, 0.25) is 5.91 Å². The van der Waals surface area contributed by atoms with Crippen molar-refractivity contribution in [2.45, 2.75) is 38.8 Å². The molecule has 1 atom stereocenters. The number of ether oxygens (including phenoxy) is 1. The molecular formula is C15H22N2O2. The van der Waals surface area contributed by atoms with Crippen LogP contribution in [-0.2, 0) is 16.1 Å². The molecular weight excluding hydrogens is 240 g/mol. The normalized spacial score (nSPS) is 22.4. The van der Waals surface area contributed by atoms with Gasteiger partial charge in [0.25, 0.3) is 0 Å². The number of carbonyl (C=O) groups excluding carboxylic acids is 1. The number of benzene rings is 1. The molecule has 0 radical (unpaired) electrons. The summed E-state index contributed by atoms with van der Waals surface area (Å²) in [5.74, 6) is -0.0430. The van der Waals surface area contributed by atoms with E-state index in [9.17, 15) is 4.79 Å². The first-order valence-corrected chi connectivity index (χ1v) is 6.79. The first-order valence-electron chi connectivity index (χ1n) is 6.79. The monoisotopic (exact) mass is 262 g/mol. The average molecular weight is 262 g/mol. The Labute approximate surface area is 114 Å². The smallest absolute Gasteiger partial charge is 0.221 e. The second-order valence-corrected chi connectivity index (χ2v) is 5.34. The van der Waals surface area contributed by atoms with E-state index in [1.807, 2.05) is 24.3 Å². The lowest BCUT2D eigenvalue weighted by molar-refractivity contribution is -0.114. The van der Waals surface area contributed by atoms with Crippen molar-refractivity contribution in [2.24, 2.45) is 0 Å². The van der Waals surface area contributed by atoms with Crippen molar-refractivity contribution < 1.29 is 9.53 Å². The van der Waals surface area contributed by atoms with Crippen molar-refractivity contribution in [1.82, 2.24) is 5.32 Å². The zero-order chi connectivity index (χ0) is 13.7. The van der Waals surface area contributed by atoms with Crippen molar-refractivity contribution >= 4 is 11.6 Å². The third kappa shape index (κ3) is 4.04. The summed E-state index contributed by atoms with van der Waals surface area (Å²) < 4.78 is 5.74. The van der Waals surface area contributed by atoms with Crippen LogP contribution in [0, 0.1) is 0 Å². The van der Waals surface area contributed by atoms with Gasteiger partial charge in [-0.1, -0.05) is 18.2 Å². The summed E-state index contributed by atoms with van der Waals surface area (Å²) in [4.78, 5) is 11.1. The highest BCUT2D eigenvalue weighted by Crippen LogP contribution is 2.24. The largest absolute Gasteiger partial charge is 0.374 e. The number of amides is 1. The van der Waals surface area contributed by atoms with Crippen LogP contribution in [0.1, 0.15) is 32.3 Å². The molecule has 19 heavy (non-hydrogen) atoms. The van der Waals surface area contributed by atoms with Crippen LogP contribution < -0.4 is 10.6 Å². The molecule has 1 aliphatic heterocycles. The number of hydrogen-bond donors (Lipinski definition) is 2. The Bertz CT molecular complexity index is 440. The van der Waals surface area contributed by atoms with Gasteiger partial charge in [-0.15, -0.1) is 0 Å². The van der Waals surface area contributed by atoms with E-state index in [0.717, 1.165) is 43.8 Å². The fraction of sp³-hybridized carbons (Fsp3) is 0.533. The van der Waals surface area contributed by atoms with E-state index in [2.05, 4.69) is 17.6 Å². The minimum atomic E-state index is -0.0430. The summed E-state index contributed by atoms with van der Waals surface area (Å²) in [5, 5.41) is 6.27. The Morgan fingerprint density at radius 1 is 1.42 bits per heavy atom. The summed E-state index contributed by atoms with van der Waals surface area (Å²) in [6.07, 6.45) is 2.24. The zero-order valence-corrected chi connectivity index (χ0v) is 11.7. The predicted octanol–water partition coefficient (Wildman–Crippen LogP) is 2.30. The van der Waals surface area contributed by atoms with E-state index in [1.165, 1.54) is 6.92 Å². The van der Waals surface area contributed by atoms with Crippen LogP contribution in [0.4, 0.5) is 5.69 Å². The van der Waals surface area contributed by atoms with Gasteiger partial charge in [0.1, 0.15) is 0 Å². The second-order valence-electron chi connectivity index (χ2n) is 5.34. The topological polar surface area (TPSA) is 50.4 Å². The van der Waals surface area contributed by atoms with Crippen LogP contribution in [0.2, 0.25) is 0 Å². The molecule has 0 spiro atoms. The molecule has 0 bridgehead atoms. The second kappa shape index (κ2) is 6.17. The molecule has 1 aromatic carbocycles. The fourth-order valence-electron chi connectivity index (χ4n) is 2.42. The Hall–Kier alpha value is -1.39. The molecule has 1 aliphatic rings. The molecule has 1 fully saturated rings. The molecule has 2 N–H and O–H groups in total. The molecule has 0 saturated carbocycles. The molecule has 0 aromatic heterocycles. The average Bonchev–Trinajstić information content (AvgIpc) is 2.78. The number of anilines is 1. The van der Waals surface area contributed by atoms with Crippen LogP contribution in [0.25, 0.3) is 0 Å². The molecule has 4 heteroatoms. The van der Waals surface area contributed by atoms with Crippen LogP contribution in [0.15, 0.2) is 24.3 Å². The van der Waals surface area contributed by atoms with Crippen LogP contribution in [0.3, 0.4) is 0 Å². The highest BCUT2D eigenvalue weighted by Gasteiger charge is 2.28. The molecule has 1 heterocycles. The number of rotatable bonds is 5. The summed E-state index contributed by atoms with van der Waals surface area (Å²) in [7, 11) is 0. The quantitative estimate of drug-likeness (QED) is 0.856. The minimum absolute atomic E-state index is 0.0387. The van der Waals surface area contributed by atoms with Gasteiger partial charge in [0, 0.05) is 32.3 Å². The summed E-state index contributed by atoms with van der Waals surface area (Å²) in [6, 6.07) is 7.86. The molecule has 1 aromatic rings. The van der Waals surface area contributed by atoms with Gasteiger partial charge >= 0.3 is 0 Å². The van der Waals surface area contributed by atoms with Crippen LogP contribution >= 0.6 is 0 Å². The van der Waals surface area contributed by atoms with Gasteiger partial charge in [-0.25, -0.2) is 0 Å². The molecule has 2 rings (SSSR count). The van der Waals surface area contributed by atoms with Gasteiger partial charge in [0.15, 0.2) is 0 Å². The maximum atomic E-state index is 11.1. The number of nitrogens with one attached hydrogen (secondary N) is 2. The molecule has 1 amide bonds. The van der Waals surface area contributed by atoms with E-state index >= 15 is 0 Å². The van der Waals surface area contributed by atoms with Crippen molar-refractivity contribution in [3.05, 3.63) is 29.8 Å². The summed E-state index contributed by atoms with van der Waals surface area (Å²) in [6.45, 7) is 6.10. The maximum absolute atomic E-state index is 11.1. The molecule has 104 valence electrons. The minimum Gasteiger partial charge on any atom is -0.374 e. The van der Waals surface area contributed by atoms with Crippen molar-refractivity contribution in [3.8, 4) is 0 Å². The lowest BCUT2D eigenvalue weighted by Crippen LogP contribution is -2.36. The number of hydrogen-bond acceptors (Lipinski definition) is 3. The Morgan fingerprint density at radius 3 is 2.89 bits per heavy atom. The lowest BCUT2D eigenvalue weighted by Gasteiger charge is -2.23. The summed E-state index contributed by atoms with van der Waals surface area (Å²) >= 11 is 0. The van der Waals surface area contributed by atoms with E-state index in [1.54, 1.807) is 0 Å². The third-order valence-corrected chi connectivity index (χ3v) is 3.44. The van der Waals surface area contributed by atoms with Gasteiger partial charge in [-0.3, -0.25) is 4.79 Å². The molecule has 1 unspecified atom stereocenters. The van der Waals surface area contributed by atoms with E-state index in [0.29, 0.717) is 0 Å². The van der Waals surface area contributed by atoms with Gasteiger partial charge in [-0.2, -0.15) is 0 Å². The fourth-order valence-corrected chi connectivity index (χ4v) is 2.42. The van der Waals surface area contributed by atoms with E-state index < -0.39 is 0 Å². The third-order valence-electron chi connectivity index (χ3n) is 3.44. The molecule has 0 aliphatic carbocycles. The maximum Gasteiger partial charge on any atom is 0.221 e. The predicted molar refractivity (Wildman–Crippen MR) is 76.0 cm³/mol. The van der Waals surface area contributed by atoms with Gasteiger partial charge in [-0.05, 0) is 31.4 Å². The Kier molecular flexibility index (Phi) is 4.56. The standard InChI is InChI=1S/C15H22N2O2/c1-12(18)17-14-7-4-3-6-13(14)10-16-11-15(2)8-5-9-19-15/h3-4,6-7,16H,5,8-11H2,1-2H3,(H,17,18). The van der Waals surface area contributed by atoms with Crippen molar-refractivity contribution in [1.29, 1.82) is 0 Å². The highest BCUT2D eigenvalue weighted by molar-refractivity contribution is 5.89. The van der Waals surface area contributed by atoms with E-state index in [4.69, 9.17) is 4.74 Å². The first kappa shape index (κ1) is 14.0. The Morgan fingerprint density at radius 2 is 2.21 bits per heavy atom. The number of carbonyl (C=O) groups is 1. The van der Waals surface area contributed by atoms with Crippen molar-refractivity contribution in [2.75, 3.05) is 18.5 Å². The van der Waals surface area contributed by atoms with Crippen molar-refractivity contribution in [3.63, 3.8) is 0 Å². The lowest BCUT2D eigenvalue weighted by atomic mass is 10.0.